The van der Waals surface area contributed by atoms with Gasteiger partial charge >= 0.3 is 0 Å². The highest BCUT2D eigenvalue weighted by Crippen LogP contribution is 2.30. The van der Waals surface area contributed by atoms with E-state index >= 15 is 0 Å². The van der Waals surface area contributed by atoms with Gasteiger partial charge in [-0.3, -0.25) is 0 Å². The lowest BCUT2D eigenvalue weighted by molar-refractivity contribution is 0.281. The Morgan fingerprint density at radius 3 is 2.45 bits per heavy atom. The predicted octanol–water partition coefficient (Wildman–Crippen LogP) is 0.684. The first-order valence-corrected chi connectivity index (χ1v) is 7.38. The molecular weight excluding hydrogens is 278 g/mol. The summed E-state index contributed by atoms with van der Waals surface area (Å²) in [5, 5.41) is 30.4. The fourth-order valence-corrected chi connectivity index (χ4v) is 2.80. The third-order valence-corrected chi connectivity index (χ3v) is 3.69. The predicted molar refractivity (Wildman–Crippen MR) is 81.7 cm³/mol. The Morgan fingerprint density at radius 1 is 1.30 bits per heavy atom. The number of rotatable bonds is 8. The van der Waals surface area contributed by atoms with Gasteiger partial charge in [-0.05, 0) is 17.9 Å². The molecule has 5 N–H and O–H groups in total. The topological polar surface area (TPSA) is 102 Å². The molecule has 7 heteroatoms. The zero-order chi connectivity index (χ0) is 15.0. The molecule has 0 aromatic heterocycles. The first-order valence-electron chi connectivity index (χ1n) is 6.39. The Morgan fingerprint density at radius 2 is 1.95 bits per heavy atom. The molecule has 0 amide bonds. The first-order chi connectivity index (χ1) is 9.69. The number of hydrogen-bond donors (Lipinski definition) is 4. The lowest BCUT2D eigenvalue weighted by Crippen LogP contribution is -2.32. The van der Waals surface area contributed by atoms with Crippen LogP contribution in [0.4, 0.5) is 5.69 Å². The number of benzene rings is 1. The van der Waals surface area contributed by atoms with E-state index in [4.69, 9.17) is 21.2 Å². The average molecular weight is 299 g/mol. The molecule has 112 valence electrons. The lowest BCUT2D eigenvalue weighted by atomic mass is 10.1. The highest BCUT2D eigenvalue weighted by atomic mass is 32.2. The summed E-state index contributed by atoms with van der Waals surface area (Å²) in [6, 6.07) is 5.61. The summed E-state index contributed by atoms with van der Waals surface area (Å²) in [5.41, 5.74) is 7.16. The Hall–Kier alpha value is -1.44. The fraction of sp³-hybridized carbons (Fsp3) is 0.462. The minimum Gasteiger partial charge on any atom is -0.409 e. The van der Waals surface area contributed by atoms with E-state index in [1.54, 1.807) is 11.8 Å². The van der Waals surface area contributed by atoms with Crippen molar-refractivity contribution in [3.05, 3.63) is 23.8 Å². The van der Waals surface area contributed by atoms with E-state index in [-0.39, 0.29) is 19.0 Å². The standard InChI is InChI=1S/C13H21N3O3S/c1-2-20-11-5-3-4-10(12(11)13(14)15-19)16(6-8-17)7-9-18/h3-5,17-19H,2,6-9H2,1H3,(H2,14,15). The number of oxime groups is 1. The molecule has 0 unspecified atom stereocenters. The number of aliphatic hydroxyl groups excluding tert-OH is 2. The minimum atomic E-state index is -0.0409. The van der Waals surface area contributed by atoms with Crippen LogP contribution in [0, 0.1) is 0 Å². The summed E-state index contributed by atoms with van der Waals surface area (Å²) in [4.78, 5) is 2.72. The number of hydrogen-bond acceptors (Lipinski definition) is 6. The van der Waals surface area contributed by atoms with Crippen molar-refractivity contribution < 1.29 is 15.4 Å². The van der Waals surface area contributed by atoms with Crippen molar-refractivity contribution in [2.24, 2.45) is 10.9 Å². The van der Waals surface area contributed by atoms with Gasteiger partial charge < -0.3 is 26.1 Å². The van der Waals surface area contributed by atoms with Gasteiger partial charge in [-0.15, -0.1) is 11.8 Å². The molecule has 0 atom stereocenters. The van der Waals surface area contributed by atoms with Crippen LogP contribution in [0.25, 0.3) is 0 Å². The molecule has 20 heavy (non-hydrogen) atoms. The third-order valence-electron chi connectivity index (χ3n) is 2.75. The Labute approximate surface area is 122 Å². The van der Waals surface area contributed by atoms with E-state index in [0.717, 1.165) is 16.3 Å². The molecule has 0 heterocycles. The van der Waals surface area contributed by atoms with Crippen LogP contribution in [-0.2, 0) is 0 Å². The summed E-state index contributed by atoms with van der Waals surface area (Å²) in [7, 11) is 0. The second-order valence-electron chi connectivity index (χ2n) is 4.00. The molecule has 0 saturated carbocycles. The number of aliphatic hydroxyl groups is 2. The second-order valence-corrected chi connectivity index (χ2v) is 5.31. The maximum atomic E-state index is 9.14. The molecule has 0 radical (unpaired) electrons. The molecule has 0 aliphatic carbocycles. The van der Waals surface area contributed by atoms with E-state index in [1.807, 2.05) is 30.0 Å². The van der Waals surface area contributed by atoms with Gasteiger partial charge in [0, 0.05) is 23.7 Å². The van der Waals surface area contributed by atoms with Crippen LogP contribution < -0.4 is 10.6 Å². The summed E-state index contributed by atoms with van der Waals surface area (Å²) < 4.78 is 0. The zero-order valence-electron chi connectivity index (χ0n) is 11.5. The van der Waals surface area contributed by atoms with Gasteiger partial charge in [0.15, 0.2) is 5.84 Å². The van der Waals surface area contributed by atoms with Crippen LogP contribution in [0.2, 0.25) is 0 Å². The van der Waals surface area contributed by atoms with E-state index in [9.17, 15) is 0 Å². The van der Waals surface area contributed by atoms with Gasteiger partial charge in [0.2, 0.25) is 0 Å². The van der Waals surface area contributed by atoms with Crippen LogP contribution in [0.1, 0.15) is 12.5 Å². The fourth-order valence-electron chi connectivity index (χ4n) is 1.96. The molecule has 0 aliphatic rings. The molecule has 0 bridgehead atoms. The SMILES string of the molecule is CCSc1cccc(N(CCO)CCO)c1/C(N)=N/O. The van der Waals surface area contributed by atoms with Crippen LogP contribution in [0.3, 0.4) is 0 Å². The van der Waals surface area contributed by atoms with Crippen LogP contribution >= 0.6 is 11.8 Å². The number of amidine groups is 1. The zero-order valence-corrected chi connectivity index (χ0v) is 12.3. The Kier molecular flexibility index (Phi) is 7.21. The third kappa shape index (κ3) is 4.03. The van der Waals surface area contributed by atoms with E-state index in [1.165, 1.54) is 0 Å². The van der Waals surface area contributed by atoms with Crippen LogP contribution in [-0.4, -0.2) is 53.3 Å². The average Bonchev–Trinajstić information content (AvgIpc) is 2.46. The maximum Gasteiger partial charge on any atom is 0.173 e. The van der Waals surface area contributed by atoms with Crippen molar-refractivity contribution in [1.29, 1.82) is 0 Å². The lowest BCUT2D eigenvalue weighted by Gasteiger charge is -2.26. The van der Waals surface area contributed by atoms with Crippen LogP contribution in [0.5, 0.6) is 0 Å². The first kappa shape index (κ1) is 16.6. The van der Waals surface area contributed by atoms with Gasteiger partial charge in [0.25, 0.3) is 0 Å². The van der Waals surface area contributed by atoms with Crippen molar-refractivity contribution in [1.82, 2.24) is 0 Å². The second kappa shape index (κ2) is 8.68. The van der Waals surface area contributed by atoms with Crippen molar-refractivity contribution in [2.75, 3.05) is 37.0 Å². The normalized spacial score (nSPS) is 11.7. The van der Waals surface area contributed by atoms with E-state index in [0.29, 0.717) is 18.7 Å². The molecule has 1 rings (SSSR count). The summed E-state index contributed by atoms with van der Waals surface area (Å²) in [6.07, 6.45) is 0. The van der Waals surface area contributed by atoms with Gasteiger partial charge in [-0.2, -0.15) is 0 Å². The number of anilines is 1. The van der Waals surface area contributed by atoms with Crippen molar-refractivity contribution in [3.8, 4) is 0 Å². The van der Waals surface area contributed by atoms with E-state index in [2.05, 4.69) is 5.16 Å². The van der Waals surface area contributed by atoms with Crippen LogP contribution in [0.15, 0.2) is 28.3 Å². The van der Waals surface area contributed by atoms with Crippen molar-refractivity contribution >= 4 is 23.3 Å². The smallest absolute Gasteiger partial charge is 0.173 e. The largest absolute Gasteiger partial charge is 0.409 e. The molecule has 1 aromatic rings. The summed E-state index contributed by atoms with van der Waals surface area (Å²) in [5.74, 6) is 0.882. The van der Waals surface area contributed by atoms with Crippen molar-refractivity contribution in [2.45, 2.75) is 11.8 Å². The highest BCUT2D eigenvalue weighted by Gasteiger charge is 2.17. The minimum absolute atomic E-state index is 0.0254. The van der Waals surface area contributed by atoms with E-state index < -0.39 is 0 Å². The van der Waals surface area contributed by atoms with Gasteiger partial charge in [0.05, 0.1) is 18.8 Å². The van der Waals surface area contributed by atoms with Gasteiger partial charge in [0.1, 0.15) is 0 Å². The molecular formula is C13H21N3O3S. The summed E-state index contributed by atoms with van der Waals surface area (Å²) in [6.45, 7) is 2.67. The molecule has 0 spiro atoms. The number of nitrogens with two attached hydrogens (primary N) is 1. The molecule has 0 aliphatic heterocycles. The number of nitrogens with zero attached hydrogens (tertiary/aromatic N) is 2. The Balaban J connectivity index is 3.31. The van der Waals surface area contributed by atoms with Gasteiger partial charge in [-0.25, -0.2) is 0 Å². The number of thioether (sulfide) groups is 1. The monoisotopic (exact) mass is 299 g/mol. The molecule has 0 saturated heterocycles. The van der Waals surface area contributed by atoms with Gasteiger partial charge in [-0.1, -0.05) is 18.1 Å². The molecule has 0 fully saturated rings. The molecule has 1 aromatic carbocycles. The summed E-state index contributed by atoms with van der Waals surface area (Å²) >= 11 is 1.59. The maximum absolute atomic E-state index is 9.14. The quantitative estimate of drug-likeness (QED) is 0.185. The Bertz CT molecular complexity index is 448. The molecule has 6 nitrogen and oxygen atoms in total. The highest BCUT2D eigenvalue weighted by molar-refractivity contribution is 7.99. The van der Waals surface area contributed by atoms with Crippen molar-refractivity contribution in [3.63, 3.8) is 0 Å².